The van der Waals surface area contributed by atoms with Crippen LogP contribution < -0.4 is 0 Å². The molecule has 0 aromatic heterocycles. The van der Waals surface area contributed by atoms with Crippen LogP contribution in [-0.2, 0) is 14.3 Å². The molecule has 0 fully saturated rings. The fourth-order valence-electron chi connectivity index (χ4n) is 1.33. The Morgan fingerprint density at radius 1 is 1.33 bits per heavy atom. The van der Waals surface area contributed by atoms with Crippen LogP contribution in [0.2, 0.25) is 0 Å². The number of aryl methyl sites for hydroxylation is 1. The molecule has 18 heavy (non-hydrogen) atoms. The SMILES string of the molecule is CCOC(=O)C#Cc1ccc(C(=O)OC)cc1C. The maximum Gasteiger partial charge on any atom is 0.384 e. The number of rotatable bonds is 2. The molecule has 0 aliphatic heterocycles. The topological polar surface area (TPSA) is 52.6 Å². The summed E-state index contributed by atoms with van der Waals surface area (Å²) < 4.78 is 9.31. The molecule has 0 amide bonds. The number of ether oxygens (including phenoxy) is 2. The summed E-state index contributed by atoms with van der Waals surface area (Å²) in [6, 6.07) is 4.95. The van der Waals surface area contributed by atoms with E-state index >= 15 is 0 Å². The van der Waals surface area contributed by atoms with E-state index < -0.39 is 11.9 Å². The van der Waals surface area contributed by atoms with Gasteiger partial charge in [-0.3, -0.25) is 0 Å². The highest BCUT2D eigenvalue weighted by atomic mass is 16.5. The predicted octanol–water partition coefficient (Wildman–Crippen LogP) is 1.70. The molecule has 1 aromatic carbocycles. The van der Waals surface area contributed by atoms with E-state index in [2.05, 4.69) is 16.6 Å². The van der Waals surface area contributed by atoms with Crippen LogP contribution >= 0.6 is 0 Å². The van der Waals surface area contributed by atoms with Crippen LogP contribution in [0.3, 0.4) is 0 Å². The molecule has 0 heterocycles. The van der Waals surface area contributed by atoms with Crippen molar-refractivity contribution in [2.45, 2.75) is 13.8 Å². The van der Waals surface area contributed by atoms with Crippen molar-refractivity contribution >= 4 is 11.9 Å². The molecule has 0 atom stereocenters. The fraction of sp³-hybridized carbons (Fsp3) is 0.286. The Labute approximate surface area is 106 Å². The van der Waals surface area contributed by atoms with Crippen LogP contribution in [0.15, 0.2) is 18.2 Å². The van der Waals surface area contributed by atoms with Gasteiger partial charge in [0.25, 0.3) is 0 Å². The van der Waals surface area contributed by atoms with E-state index in [4.69, 9.17) is 4.74 Å². The zero-order chi connectivity index (χ0) is 13.5. The minimum absolute atomic E-state index is 0.299. The van der Waals surface area contributed by atoms with Gasteiger partial charge in [0, 0.05) is 11.5 Å². The molecule has 0 radical (unpaired) electrons. The second kappa shape index (κ2) is 6.45. The van der Waals surface area contributed by atoms with Gasteiger partial charge in [0.15, 0.2) is 0 Å². The van der Waals surface area contributed by atoms with Crippen molar-refractivity contribution in [3.63, 3.8) is 0 Å². The summed E-state index contributed by atoms with van der Waals surface area (Å²) in [6.07, 6.45) is 0. The summed E-state index contributed by atoms with van der Waals surface area (Å²) >= 11 is 0. The minimum Gasteiger partial charge on any atom is -0.465 e. The van der Waals surface area contributed by atoms with E-state index in [1.54, 1.807) is 25.1 Å². The molecule has 0 unspecified atom stereocenters. The quantitative estimate of drug-likeness (QED) is 0.588. The van der Waals surface area contributed by atoms with E-state index in [1.807, 2.05) is 6.92 Å². The first-order valence-electron chi connectivity index (χ1n) is 5.46. The van der Waals surface area contributed by atoms with Crippen molar-refractivity contribution < 1.29 is 19.1 Å². The van der Waals surface area contributed by atoms with Crippen LogP contribution in [0.5, 0.6) is 0 Å². The Morgan fingerprint density at radius 3 is 2.61 bits per heavy atom. The van der Waals surface area contributed by atoms with Crippen LogP contribution in [0.25, 0.3) is 0 Å². The summed E-state index contributed by atoms with van der Waals surface area (Å²) in [5.41, 5.74) is 1.93. The minimum atomic E-state index is -0.561. The number of esters is 2. The Morgan fingerprint density at radius 2 is 2.06 bits per heavy atom. The van der Waals surface area contributed by atoms with Gasteiger partial charge in [0.05, 0.1) is 19.3 Å². The second-order valence-corrected chi connectivity index (χ2v) is 3.49. The van der Waals surface area contributed by atoms with Crippen molar-refractivity contribution in [1.29, 1.82) is 0 Å². The van der Waals surface area contributed by atoms with Crippen molar-refractivity contribution in [2.75, 3.05) is 13.7 Å². The monoisotopic (exact) mass is 246 g/mol. The second-order valence-electron chi connectivity index (χ2n) is 3.49. The standard InChI is InChI=1S/C14H14O4/c1-4-18-13(15)8-7-11-5-6-12(9-10(11)2)14(16)17-3/h5-6,9H,4H2,1-3H3. The van der Waals surface area contributed by atoms with Gasteiger partial charge in [-0.1, -0.05) is 5.92 Å². The summed E-state index contributed by atoms with van der Waals surface area (Å²) in [4.78, 5) is 22.4. The molecular weight excluding hydrogens is 232 g/mol. The first kappa shape index (κ1) is 13.8. The average molecular weight is 246 g/mol. The number of hydrogen-bond acceptors (Lipinski definition) is 4. The molecule has 94 valence electrons. The van der Waals surface area contributed by atoms with Gasteiger partial charge in [-0.2, -0.15) is 0 Å². The first-order chi connectivity index (χ1) is 8.58. The summed E-state index contributed by atoms with van der Waals surface area (Å²) in [5.74, 6) is 4.12. The molecule has 0 bridgehead atoms. The van der Waals surface area contributed by atoms with Crippen molar-refractivity contribution in [2.24, 2.45) is 0 Å². The number of benzene rings is 1. The number of carbonyl (C=O) groups excluding carboxylic acids is 2. The van der Waals surface area contributed by atoms with Crippen molar-refractivity contribution in [1.82, 2.24) is 0 Å². The molecule has 0 N–H and O–H groups in total. The lowest BCUT2D eigenvalue weighted by molar-refractivity contribution is -0.136. The number of carbonyl (C=O) groups is 2. The van der Waals surface area contributed by atoms with Crippen LogP contribution in [-0.4, -0.2) is 25.7 Å². The lowest BCUT2D eigenvalue weighted by atomic mass is 10.1. The molecule has 0 aliphatic carbocycles. The largest absolute Gasteiger partial charge is 0.465 e. The van der Waals surface area contributed by atoms with Gasteiger partial charge in [0.2, 0.25) is 0 Å². The Hall–Kier alpha value is -2.28. The highest BCUT2D eigenvalue weighted by Crippen LogP contribution is 2.10. The van der Waals surface area contributed by atoms with Gasteiger partial charge >= 0.3 is 11.9 Å². The van der Waals surface area contributed by atoms with Crippen LogP contribution in [0.4, 0.5) is 0 Å². The lowest BCUT2D eigenvalue weighted by Gasteiger charge is -2.02. The smallest absolute Gasteiger partial charge is 0.384 e. The fourth-order valence-corrected chi connectivity index (χ4v) is 1.33. The molecule has 4 nitrogen and oxygen atoms in total. The third-order valence-electron chi connectivity index (χ3n) is 2.22. The number of hydrogen-bond donors (Lipinski definition) is 0. The third kappa shape index (κ3) is 3.63. The van der Waals surface area contributed by atoms with Gasteiger partial charge in [-0.05, 0) is 37.6 Å². The molecule has 0 saturated carbocycles. The molecule has 0 spiro atoms. The third-order valence-corrected chi connectivity index (χ3v) is 2.22. The molecule has 4 heteroatoms. The average Bonchev–Trinajstić information content (AvgIpc) is 2.36. The van der Waals surface area contributed by atoms with E-state index in [-0.39, 0.29) is 0 Å². The zero-order valence-electron chi connectivity index (χ0n) is 10.6. The summed E-state index contributed by atoms with van der Waals surface area (Å²) in [5, 5.41) is 0. The lowest BCUT2D eigenvalue weighted by Crippen LogP contribution is -2.02. The molecule has 0 saturated heterocycles. The predicted molar refractivity (Wildman–Crippen MR) is 66.0 cm³/mol. The molecule has 1 aromatic rings. The van der Waals surface area contributed by atoms with E-state index in [9.17, 15) is 9.59 Å². The highest BCUT2D eigenvalue weighted by Gasteiger charge is 2.06. The van der Waals surface area contributed by atoms with E-state index in [0.29, 0.717) is 17.7 Å². The van der Waals surface area contributed by atoms with Crippen molar-refractivity contribution in [3.05, 3.63) is 34.9 Å². The van der Waals surface area contributed by atoms with E-state index in [1.165, 1.54) is 7.11 Å². The molecule has 0 aliphatic rings. The number of methoxy groups -OCH3 is 1. The highest BCUT2D eigenvalue weighted by molar-refractivity contribution is 5.90. The zero-order valence-corrected chi connectivity index (χ0v) is 10.6. The summed E-state index contributed by atoms with van der Waals surface area (Å²) in [6.45, 7) is 3.82. The maximum absolute atomic E-state index is 11.3. The van der Waals surface area contributed by atoms with Crippen molar-refractivity contribution in [3.8, 4) is 11.8 Å². The normalized spacial score (nSPS) is 9.06. The first-order valence-corrected chi connectivity index (χ1v) is 5.46. The summed E-state index contributed by atoms with van der Waals surface area (Å²) in [7, 11) is 1.33. The van der Waals surface area contributed by atoms with Crippen LogP contribution in [0.1, 0.15) is 28.4 Å². The molecule has 1 rings (SSSR count). The molecular formula is C14H14O4. The van der Waals surface area contributed by atoms with Crippen LogP contribution in [0, 0.1) is 18.8 Å². The Kier molecular flexibility index (Phi) is 4.94. The van der Waals surface area contributed by atoms with Gasteiger partial charge < -0.3 is 9.47 Å². The van der Waals surface area contributed by atoms with Gasteiger partial charge in [0.1, 0.15) is 0 Å². The Balaban J connectivity index is 2.93. The maximum atomic E-state index is 11.3. The van der Waals surface area contributed by atoms with E-state index in [0.717, 1.165) is 5.56 Å². The Bertz CT molecular complexity index is 520. The van der Waals surface area contributed by atoms with Gasteiger partial charge in [-0.25, -0.2) is 9.59 Å². The van der Waals surface area contributed by atoms with Gasteiger partial charge in [-0.15, -0.1) is 0 Å².